The number of benzene rings is 2. The maximum absolute atomic E-state index is 13.1. The molecule has 2 aromatic rings. The molecule has 6 nitrogen and oxygen atoms in total. The van der Waals surface area contributed by atoms with Crippen LogP contribution in [0.3, 0.4) is 0 Å². The maximum atomic E-state index is 13.1. The van der Waals surface area contributed by atoms with Crippen LogP contribution in [-0.4, -0.2) is 59.5 Å². The van der Waals surface area contributed by atoms with Crippen molar-refractivity contribution in [3.63, 3.8) is 0 Å². The number of hydrogen-bond donors (Lipinski definition) is 0. The van der Waals surface area contributed by atoms with Gasteiger partial charge in [0.1, 0.15) is 0 Å². The van der Waals surface area contributed by atoms with Crippen molar-refractivity contribution >= 4 is 38.9 Å². The van der Waals surface area contributed by atoms with Crippen molar-refractivity contribution in [1.29, 1.82) is 0 Å². The second-order valence-electron chi connectivity index (χ2n) is 7.93. The van der Waals surface area contributed by atoms with E-state index in [0.29, 0.717) is 40.2 Å². The lowest BCUT2D eigenvalue weighted by atomic mass is 10.1. The molecule has 0 aliphatic heterocycles. The lowest BCUT2D eigenvalue weighted by Crippen LogP contribution is -2.39. The number of methoxy groups -OCH3 is 2. The first-order chi connectivity index (χ1) is 15.1. The van der Waals surface area contributed by atoms with Crippen LogP contribution in [0.1, 0.15) is 25.8 Å². The topological polar surface area (TPSA) is 59.1 Å². The molecule has 32 heavy (non-hydrogen) atoms. The van der Waals surface area contributed by atoms with Gasteiger partial charge in [0.05, 0.1) is 25.7 Å². The summed E-state index contributed by atoms with van der Waals surface area (Å²) in [5.41, 5.74) is 1.62. The van der Waals surface area contributed by atoms with E-state index in [2.05, 4.69) is 4.90 Å². The number of likely N-dealkylation sites (N-methyl/N-ethyl adjacent to an activating group) is 1. The van der Waals surface area contributed by atoms with Gasteiger partial charge in [-0.3, -0.25) is 4.31 Å². The lowest BCUT2D eigenvalue weighted by Gasteiger charge is -2.29. The zero-order valence-corrected chi connectivity index (χ0v) is 21.6. The molecule has 0 N–H and O–H groups in total. The number of anilines is 1. The summed E-state index contributed by atoms with van der Waals surface area (Å²) in [4.78, 5) is 2.13. The van der Waals surface area contributed by atoms with Crippen LogP contribution in [0.2, 0.25) is 10.0 Å². The molecule has 0 heterocycles. The standard InChI is InChI=1S/C23H32Cl2N2O4S/c1-17(2)27(21-15-19(24)14-20(25)16-21)32(28,29)12-6-10-26(3)11-9-18-7-8-22(30-4)23(13-18)31-5/h7-8,13-17H,6,9-12H2,1-5H3. The van der Waals surface area contributed by atoms with Crippen LogP contribution in [0.4, 0.5) is 5.69 Å². The van der Waals surface area contributed by atoms with Gasteiger partial charge in [0.15, 0.2) is 11.5 Å². The Labute approximate surface area is 202 Å². The molecule has 2 aromatic carbocycles. The van der Waals surface area contributed by atoms with Crippen LogP contribution in [-0.2, 0) is 16.4 Å². The Hall–Kier alpha value is -1.67. The first-order valence-corrected chi connectivity index (χ1v) is 12.8. The molecule has 0 saturated carbocycles. The van der Waals surface area contributed by atoms with Gasteiger partial charge < -0.3 is 14.4 Å². The second-order valence-corrected chi connectivity index (χ2v) is 10.8. The Bertz CT molecular complexity index is 979. The fourth-order valence-electron chi connectivity index (χ4n) is 3.53. The van der Waals surface area contributed by atoms with Crippen molar-refractivity contribution in [1.82, 2.24) is 4.90 Å². The van der Waals surface area contributed by atoms with Crippen molar-refractivity contribution < 1.29 is 17.9 Å². The van der Waals surface area contributed by atoms with Crippen molar-refractivity contribution in [2.75, 3.05) is 44.4 Å². The summed E-state index contributed by atoms with van der Waals surface area (Å²) < 4.78 is 38.2. The van der Waals surface area contributed by atoms with E-state index >= 15 is 0 Å². The fourth-order valence-corrected chi connectivity index (χ4v) is 5.80. The Balaban J connectivity index is 1.94. The van der Waals surface area contributed by atoms with Gasteiger partial charge >= 0.3 is 0 Å². The number of nitrogens with zero attached hydrogens (tertiary/aromatic N) is 2. The van der Waals surface area contributed by atoms with Crippen LogP contribution < -0.4 is 13.8 Å². The predicted octanol–water partition coefficient (Wildman–Crippen LogP) is 5.12. The number of ether oxygens (including phenoxy) is 2. The molecule has 0 unspecified atom stereocenters. The van der Waals surface area contributed by atoms with E-state index in [1.54, 1.807) is 32.4 Å². The van der Waals surface area contributed by atoms with Gasteiger partial charge in [-0.05, 0) is 76.2 Å². The summed E-state index contributed by atoms with van der Waals surface area (Å²) >= 11 is 12.2. The van der Waals surface area contributed by atoms with Crippen LogP contribution in [0.25, 0.3) is 0 Å². The predicted molar refractivity (Wildman–Crippen MR) is 133 cm³/mol. The largest absolute Gasteiger partial charge is 0.493 e. The summed E-state index contributed by atoms with van der Waals surface area (Å²) in [5, 5.41) is 0.812. The lowest BCUT2D eigenvalue weighted by molar-refractivity contribution is 0.337. The van der Waals surface area contributed by atoms with Gasteiger partial charge in [0.2, 0.25) is 10.0 Å². The molecule has 0 amide bonds. The summed E-state index contributed by atoms with van der Waals surface area (Å²) in [5.74, 6) is 1.44. The molecule has 0 aromatic heterocycles. The Morgan fingerprint density at radius 1 is 0.938 bits per heavy atom. The molecule has 0 aliphatic rings. The minimum absolute atomic E-state index is 0.0377. The van der Waals surface area contributed by atoms with Crippen LogP contribution in [0.15, 0.2) is 36.4 Å². The molecule has 0 fully saturated rings. The molecule has 0 atom stereocenters. The van der Waals surface area contributed by atoms with E-state index in [0.717, 1.165) is 18.5 Å². The normalized spacial score (nSPS) is 11.8. The van der Waals surface area contributed by atoms with E-state index in [-0.39, 0.29) is 11.8 Å². The molecular formula is C23H32Cl2N2O4S. The first-order valence-electron chi connectivity index (χ1n) is 10.4. The van der Waals surface area contributed by atoms with E-state index in [4.69, 9.17) is 32.7 Å². The molecule has 0 spiro atoms. The number of rotatable bonds is 12. The van der Waals surface area contributed by atoms with Crippen molar-refractivity contribution in [3.05, 3.63) is 52.0 Å². The highest BCUT2D eigenvalue weighted by atomic mass is 35.5. The highest BCUT2D eigenvalue weighted by molar-refractivity contribution is 7.92. The van der Waals surface area contributed by atoms with Gasteiger partial charge in [-0.2, -0.15) is 0 Å². The first kappa shape index (κ1) is 26.6. The van der Waals surface area contributed by atoms with Crippen molar-refractivity contribution in [3.8, 4) is 11.5 Å². The van der Waals surface area contributed by atoms with E-state index in [1.165, 1.54) is 4.31 Å². The fraction of sp³-hybridized carbons (Fsp3) is 0.478. The zero-order valence-electron chi connectivity index (χ0n) is 19.3. The summed E-state index contributed by atoms with van der Waals surface area (Å²) in [6.07, 6.45) is 1.34. The molecule has 0 radical (unpaired) electrons. The van der Waals surface area contributed by atoms with Crippen molar-refractivity contribution in [2.24, 2.45) is 0 Å². The molecule has 2 rings (SSSR count). The van der Waals surface area contributed by atoms with Crippen LogP contribution in [0, 0.1) is 0 Å². The smallest absolute Gasteiger partial charge is 0.235 e. The second kappa shape index (κ2) is 12.0. The van der Waals surface area contributed by atoms with Crippen LogP contribution in [0.5, 0.6) is 11.5 Å². The highest BCUT2D eigenvalue weighted by Crippen LogP contribution is 2.29. The van der Waals surface area contributed by atoms with E-state index < -0.39 is 10.0 Å². The monoisotopic (exact) mass is 502 g/mol. The van der Waals surface area contributed by atoms with Gasteiger partial charge in [-0.25, -0.2) is 8.42 Å². The third-order valence-corrected chi connectivity index (χ3v) is 7.52. The number of halogens is 2. The molecule has 0 bridgehead atoms. The summed E-state index contributed by atoms with van der Waals surface area (Å²) in [6, 6.07) is 10.5. The Morgan fingerprint density at radius 2 is 1.56 bits per heavy atom. The third kappa shape index (κ3) is 7.44. The molecular weight excluding hydrogens is 471 g/mol. The minimum Gasteiger partial charge on any atom is -0.493 e. The SMILES string of the molecule is COc1ccc(CCN(C)CCCS(=O)(=O)N(c2cc(Cl)cc(Cl)c2)C(C)C)cc1OC. The van der Waals surface area contributed by atoms with Gasteiger partial charge in [-0.1, -0.05) is 29.3 Å². The average Bonchev–Trinajstić information content (AvgIpc) is 2.70. The number of hydrogen-bond acceptors (Lipinski definition) is 5. The molecule has 178 valence electrons. The van der Waals surface area contributed by atoms with E-state index in [9.17, 15) is 8.42 Å². The highest BCUT2D eigenvalue weighted by Gasteiger charge is 2.25. The Kier molecular flexibility index (Phi) is 9.95. The average molecular weight is 503 g/mol. The minimum atomic E-state index is -3.53. The van der Waals surface area contributed by atoms with Gasteiger partial charge in [0.25, 0.3) is 0 Å². The number of sulfonamides is 1. The van der Waals surface area contributed by atoms with Crippen molar-refractivity contribution in [2.45, 2.75) is 32.7 Å². The third-order valence-electron chi connectivity index (χ3n) is 5.04. The quantitative estimate of drug-likeness (QED) is 0.403. The summed E-state index contributed by atoms with van der Waals surface area (Å²) in [7, 11) is 1.69. The van der Waals surface area contributed by atoms with Crippen LogP contribution >= 0.6 is 23.2 Å². The molecule has 9 heteroatoms. The van der Waals surface area contributed by atoms with Gasteiger partial charge in [-0.15, -0.1) is 0 Å². The molecule has 0 aliphatic carbocycles. The molecule has 0 saturated heterocycles. The van der Waals surface area contributed by atoms with E-state index in [1.807, 2.05) is 39.1 Å². The maximum Gasteiger partial charge on any atom is 0.235 e. The Morgan fingerprint density at radius 3 is 2.12 bits per heavy atom. The zero-order chi connectivity index (χ0) is 23.9. The summed E-state index contributed by atoms with van der Waals surface area (Å²) in [6.45, 7) is 5.13. The van der Waals surface area contributed by atoms with Gasteiger partial charge in [0, 0.05) is 22.6 Å².